The number of rotatable bonds is 7. The monoisotopic (exact) mass is 352 g/mol. The second-order valence-electron chi connectivity index (χ2n) is 6.96. The lowest BCUT2D eigenvalue weighted by Crippen LogP contribution is -2.31. The fraction of sp³-hybridized carbons (Fsp3) is 0.409. The van der Waals surface area contributed by atoms with Gasteiger partial charge in [0.05, 0.1) is 12.6 Å². The van der Waals surface area contributed by atoms with Gasteiger partial charge in [-0.05, 0) is 73.1 Å². The Hall–Kier alpha value is -2.49. The average Bonchev–Trinajstić information content (AvgIpc) is 2.65. The summed E-state index contributed by atoms with van der Waals surface area (Å²) in [6.07, 6.45) is 5.35. The smallest absolute Gasteiger partial charge is 0.220 e. The number of nitrogen functional groups attached to an aromatic ring is 1. The Morgan fingerprint density at radius 1 is 1.23 bits per heavy atom. The lowest BCUT2D eigenvalue weighted by atomic mass is 9.87. The highest BCUT2D eigenvalue weighted by Gasteiger charge is 2.21. The lowest BCUT2D eigenvalue weighted by molar-refractivity contribution is -0.121. The van der Waals surface area contributed by atoms with E-state index in [1.54, 1.807) is 0 Å². The molecule has 2 aromatic carbocycles. The van der Waals surface area contributed by atoms with Crippen LogP contribution in [0.4, 0.5) is 5.69 Å². The molecule has 3 N–H and O–H groups in total. The highest BCUT2D eigenvalue weighted by Crippen LogP contribution is 2.31. The minimum Gasteiger partial charge on any atom is -0.494 e. The molecule has 4 nitrogen and oxygen atoms in total. The van der Waals surface area contributed by atoms with Crippen molar-refractivity contribution >= 4 is 11.6 Å². The maximum absolute atomic E-state index is 12.4. The molecule has 0 fully saturated rings. The van der Waals surface area contributed by atoms with Crippen molar-refractivity contribution in [1.29, 1.82) is 0 Å². The molecule has 0 aromatic heterocycles. The zero-order valence-corrected chi connectivity index (χ0v) is 15.5. The van der Waals surface area contributed by atoms with Gasteiger partial charge in [0.1, 0.15) is 5.75 Å². The Kier molecular flexibility index (Phi) is 6.16. The van der Waals surface area contributed by atoms with E-state index in [0.717, 1.165) is 55.7 Å². The molecule has 3 rings (SSSR count). The van der Waals surface area contributed by atoms with Gasteiger partial charge >= 0.3 is 0 Å². The Balaban J connectivity index is 1.52. The van der Waals surface area contributed by atoms with Crippen LogP contribution in [0.1, 0.15) is 55.3 Å². The number of benzene rings is 2. The number of hydrogen-bond acceptors (Lipinski definition) is 3. The normalized spacial score (nSPS) is 16.0. The van der Waals surface area contributed by atoms with Gasteiger partial charge in [-0.2, -0.15) is 0 Å². The summed E-state index contributed by atoms with van der Waals surface area (Å²) in [6.45, 7) is 2.82. The first-order valence-electron chi connectivity index (χ1n) is 9.55. The van der Waals surface area contributed by atoms with E-state index in [1.807, 2.05) is 36.4 Å². The summed E-state index contributed by atoms with van der Waals surface area (Å²) < 4.78 is 5.59. The second kappa shape index (κ2) is 8.75. The summed E-state index contributed by atoms with van der Waals surface area (Å²) in [5, 5.41) is 3.20. The SMILES string of the molecule is CCCOc1ccc(CCC(=O)NC2CCCc3cc(N)ccc32)cc1. The summed E-state index contributed by atoms with van der Waals surface area (Å²) >= 11 is 0. The molecule has 2 aromatic rings. The van der Waals surface area contributed by atoms with Crippen LogP contribution in [0.25, 0.3) is 0 Å². The standard InChI is InChI=1S/C22H28N2O2/c1-2-14-26-19-10-6-16(7-11-19)8-13-22(25)24-21-5-3-4-17-15-18(23)9-12-20(17)21/h6-7,9-12,15,21H,2-5,8,13-14,23H2,1H3,(H,24,25). The molecule has 138 valence electrons. The number of nitrogens with one attached hydrogen (secondary N) is 1. The van der Waals surface area contributed by atoms with E-state index < -0.39 is 0 Å². The second-order valence-corrected chi connectivity index (χ2v) is 6.96. The van der Waals surface area contributed by atoms with Crippen LogP contribution in [-0.4, -0.2) is 12.5 Å². The first-order valence-corrected chi connectivity index (χ1v) is 9.55. The van der Waals surface area contributed by atoms with Crippen LogP contribution in [0.3, 0.4) is 0 Å². The number of carbonyl (C=O) groups excluding carboxylic acids is 1. The van der Waals surface area contributed by atoms with Gasteiger partial charge in [0.15, 0.2) is 0 Å². The van der Waals surface area contributed by atoms with Gasteiger partial charge in [-0.1, -0.05) is 25.1 Å². The quantitative estimate of drug-likeness (QED) is 0.735. The van der Waals surface area contributed by atoms with Crippen LogP contribution in [-0.2, 0) is 17.6 Å². The Morgan fingerprint density at radius 3 is 2.81 bits per heavy atom. The number of hydrogen-bond donors (Lipinski definition) is 2. The average molecular weight is 352 g/mol. The molecule has 26 heavy (non-hydrogen) atoms. The lowest BCUT2D eigenvalue weighted by Gasteiger charge is -2.26. The number of carbonyl (C=O) groups is 1. The molecule has 1 atom stereocenters. The Labute approximate surface area is 155 Å². The molecule has 1 amide bonds. The third-order valence-corrected chi connectivity index (χ3v) is 4.85. The first kappa shape index (κ1) is 18.3. The van der Waals surface area contributed by atoms with Gasteiger partial charge in [0.2, 0.25) is 5.91 Å². The molecular weight excluding hydrogens is 324 g/mol. The van der Waals surface area contributed by atoms with Crippen LogP contribution in [0.5, 0.6) is 5.75 Å². The van der Waals surface area contributed by atoms with Gasteiger partial charge in [-0.3, -0.25) is 4.79 Å². The molecule has 0 heterocycles. The van der Waals surface area contributed by atoms with Gasteiger partial charge in [-0.25, -0.2) is 0 Å². The Bertz CT molecular complexity index is 740. The van der Waals surface area contributed by atoms with E-state index in [9.17, 15) is 4.79 Å². The third-order valence-electron chi connectivity index (χ3n) is 4.85. The van der Waals surface area contributed by atoms with E-state index in [4.69, 9.17) is 10.5 Å². The van der Waals surface area contributed by atoms with Crippen LogP contribution in [0.15, 0.2) is 42.5 Å². The molecule has 0 bridgehead atoms. The van der Waals surface area contributed by atoms with Crippen LogP contribution < -0.4 is 15.8 Å². The van der Waals surface area contributed by atoms with E-state index >= 15 is 0 Å². The number of aryl methyl sites for hydroxylation is 2. The molecule has 1 unspecified atom stereocenters. The first-order chi connectivity index (χ1) is 12.7. The summed E-state index contributed by atoms with van der Waals surface area (Å²) in [5.41, 5.74) is 10.3. The maximum Gasteiger partial charge on any atom is 0.220 e. The fourth-order valence-corrected chi connectivity index (χ4v) is 3.48. The van der Waals surface area contributed by atoms with Crippen LogP contribution >= 0.6 is 0 Å². The van der Waals surface area contributed by atoms with Crippen molar-refractivity contribution < 1.29 is 9.53 Å². The minimum atomic E-state index is 0.103. The van der Waals surface area contributed by atoms with Gasteiger partial charge in [0.25, 0.3) is 0 Å². The highest BCUT2D eigenvalue weighted by molar-refractivity contribution is 5.77. The molecule has 0 aliphatic heterocycles. The van der Waals surface area contributed by atoms with Gasteiger partial charge in [-0.15, -0.1) is 0 Å². The van der Waals surface area contributed by atoms with E-state index in [1.165, 1.54) is 11.1 Å². The third kappa shape index (κ3) is 4.78. The molecule has 0 saturated carbocycles. The largest absolute Gasteiger partial charge is 0.494 e. The fourth-order valence-electron chi connectivity index (χ4n) is 3.48. The molecule has 1 aliphatic carbocycles. The minimum absolute atomic E-state index is 0.103. The summed E-state index contributed by atoms with van der Waals surface area (Å²) in [5.74, 6) is 0.990. The number of anilines is 1. The molecule has 0 spiro atoms. The van der Waals surface area contributed by atoms with Crippen molar-refractivity contribution in [3.8, 4) is 5.75 Å². The van der Waals surface area contributed by atoms with Crippen molar-refractivity contribution in [2.24, 2.45) is 0 Å². The number of ether oxygens (including phenoxy) is 1. The van der Waals surface area contributed by atoms with Gasteiger partial charge < -0.3 is 15.8 Å². The number of nitrogens with two attached hydrogens (primary N) is 1. The van der Waals surface area contributed by atoms with Crippen molar-refractivity contribution in [2.75, 3.05) is 12.3 Å². The molecule has 4 heteroatoms. The van der Waals surface area contributed by atoms with E-state index in [-0.39, 0.29) is 11.9 Å². The number of fused-ring (bicyclic) bond motifs is 1. The predicted octanol–water partition coefficient (Wildman–Crippen LogP) is 4.18. The van der Waals surface area contributed by atoms with E-state index in [0.29, 0.717) is 6.42 Å². The molecule has 0 saturated heterocycles. The van der Waals surface area contributed by atoms with Crippen molar-refractivity contribution in [1.82, 2.24) is 5.32 Å². The Morgan fingerprint density at radius 2 is 2.04 bits per heavy atom. The zero-order chi connectivity index (χ0) is 18.4. The number of amides is 1. The summed E-state index contributed by atoms with van der Waals surface area (Å²) in [6, 6.07) is 14.2. The maximum atomic E-state index is 12.4. The van der Waals surface area contributed by atoms with Crippen LogP contribution in [0, 0.1) is 0 Å². The highest BCUT2D eigenvalue weighted by atomic mass is 16.5. The van der Waals surface area contributed by atoms with Gasteiger partial charge in [0, 0.05) is 12.1 Å². The van der Waals surface area contributed by atoms with Crippen molar-refractivity contribution in [2.45, 2.75) is 51.5 Å². The van der Waals surface area contributed by atoms with Crippen molar-refractivity contribution in [3.05, 3.63) is 59.2 Å². The zero-order valence-electron chi connectivity index (χ0n) is 15.5. The van der Waals surface area contributed by atoms with Crippen LogP contribution in [0.2, 0.25) is 0 Å². The van der Waals surface area contributed by atoms with E-state index in [2.05, 4.69) is 18.3 Å². The van der Waals surface area contributed by atoms with Crippen molar-refractivity contribution in [3.63, 3.8) is 0 Å². The topological polar surface area (TPSA) is 64.3 Å². The molecule has 1 aliphatic rings. The summed E-state index contributed by atoms with van der Waals surface area (Å²) in [7, 11) is 0. The molecular formula is C22H28N2O2. The predicted molar refractivity (Wildman–Crippen MR) is 105 cm³/mol. The molecule has 0 radical (unpaired) electrons. The summed E-state index contributed by atoms with van der Waals surface area (Å²) in [4.78, 5) is 12.4.